The third-order valence-corrected chi connectivity index (χ3v) is 4.13. The van der Waals surface area contributed by atoms with Gasteiger partial charge in [0.1, 0.15) is 0 Å². The second-order valence-electron chi connectivity index (χ2n) is 4.62. The lowest BCUT2D eigenvalue weighted by molar-refractivity contribution is 0.0943. The standard InChI is InChI=1S/C15H16ClNOS/c1-11-5-3-4-6-13(11)14(18)10-17(2)9-12-7-8-15(16)19-12/h3-8H,9-10H2,1-2H3. The van der Waals surface area contributed by atoms with Gasteiger partial charge in [-0.2, -0.15) is 0 Å². The van der Waals surface area contributed by atoms with Gasteiger partial charge in [0, 0.05) is 17.0 Å². The maximum Gasteiger partial charge on any atom is 0.177 e. The van der Waals surface area contributed by atoms with E-state index in [9.17, 15) is 4.79 Å². The first-order chi connectivity index (χ1) is 9.06. The maximum absolute atomic E-state index is 12.2. The fraction of sp³-hybridized carbons (Fsp3) is 0.267. The highest BCUT2D eigenvalue weighted by Gasteiger charge is 2.12. The molecule has 0 aliphatic rings. The number of carbonyl (C=O) groups is 1. The zero-order valence-corrected chi connectivity index (χ0v) is 12.6. The minimum atomic E-state index is 0.156. The molecule has 0 radical (unpaired) electrons. The van der Waals surface area contributed by atoms with Crippen LogP contribution in [0.4, 0.5) is 0 Å². The average Bonchev–Trinajstić information content (AvgIpc) is 2.74. The first kappa shape index (κ1) is 14.3. The zero-order valence-electron chi connectivity index (χ0n) is 11.0. The topological polar surface area (TPSA) is 20.3 Å². The fourth-order valence-electron chi connectivity index (χ4n) is 1.97. The molecule has 19 heavy (non-hydrogen) atoms. The molecule has 0 atom stereocenters. The number of nitrogens with zero attached hydrogens (tertiary/aromatic N) is 1. The number of Topliss-reactive ketones (excluding diaryl/α,β-unsaturated/α-hetero) is 1. The van der Waals surface area contributed by atoms with E-state index in [1.807, 2.05) is 55.3 Å². The van der Waals surface area contributed by atoms with Crippen LogP contribution in [-0.2, 0) is 6.54 Å². The van der Waals surface area contributed by atoms with Crippen LogP contribution < -0.4 is 0 Å². The molecule has 0 saturated heterocycles. The normalized spacial score (nSPS) is 10.9. The van der Waals surface area contributed by atoms with Gasteiger partial charge in [-0.1, -0.05) is 35.9 Å². The molecule has 1 aromatic heterocycles. The molecule has 100 valence electrons. The number of carbonyl (C=O) groups excluding carboxylic acids is 1. The van der Waals surface area contributed by atoms with Gasteiger partial charge < -0.3 is 0 Å². The lowest BCUT2D eigenvalue weighted by atomic mass is 10.0. The van der Waals surface area contributed by atoms with Crippen molar-refractivity contribution in [2.24, 2.45) is 0 Å². The number of halogens is 1. The summed E-state index contributed by atoms with van der Waals surface area (Å²) in [5.74, 6) is 0.156. The van der Waals surface area contributed by atoms with Crippen molar-refractivity contribution < 1.29 is 4.79 Å². The van der Waals surface area contributed by atoms with Crippen LogP contribution in [0.1, 0.15) is 20.8 Å². The summed E-state index contributed by atoms with van der Waals surface area (Å²) in [5.41, 5.74) is 1.83. The molecule has 0 aliphatic heterocycles. The molecule has 0 N–H and O–H groups in total. The lowest BCUT2D eigenvalue weighted by Crippen LogP contribution is -2.25. The van der Waals surface area contributed by atoms with Crippen molar-refractivity contribution in [2.45, 2.75) is 13.5 Å². The van der Waals surface area contributed by atoms with Gasteiger partial charge in [-0.05, 0) is 31.7 Å². The third kappa shape index (κ3) is 3.90. The van der Waals surface area contributed by atoms with Crippen LogP contribution in [0.15, 0.2) is 36.4 Å². The first-order valence-electron chi connectivity index (χ1n) is 6.08. The van der Waals surface area contributed by atoms with E-state index in [4.69, 9.17) is 11.6 Å². The average molecular weight is 294 g/mol. The van der Waals surface area contributed by atoms with Gasteiger partial charge in [0.25, 0.3) is 0 Å². The van der Waals surface area contributed by atoms with Crippen molar-refractivity contribution in [1.29, 1.82) is 0 Å². The number of thiophene rings is 1. The Morgan fingerprint density at radius 1 is 1.26 bits per heavy atom. The smallest absolute Gasteiger partial charge is 0.177 e. The van der Waals surface area contributed by atoms with E-state index in [0.29, 0.717) is 6.54 Å². The summed E-state index contributed by atoms with van der Waals surface area (Å²) >= 11 is 7.45. The SMILES string of the molecule is Cc1ccccc1C(=O)CN(C)Cc1ccc(Cl)s1. The number of benzene rings is 1. The van der Waals surface area contributed by atoms with Crippen molar-refractivity contribution in [3.05, 3.63) is 56.7 Å². The molecule has 0 unspecified atom stereocenters. The number of hydrogen-bond donors (Lipinski definition) is 0. The van der Waals surface area contributed by atoms with Gasteiger partial charge in [-0.15, -0.1) is 11.3 Å². The highest BCUT2D eigenvalue weighted by atomic mass is 35.5. The quantitative estimate of drug-likeness (QED) is 0.776. The summed E-state index contributed by atoms with van der Waals surface area (Å²) in [5, 5.41) is 0. The van der Waals surface area contributed by atoms with E-state index in [1.54, 1.807) is 11.3 Å². The van der Waals surface area contributed by atoms with Gasteiger partial charge in [0.05, 0.1) is 10.9 Å². The summed E-state index contributed by atoms with van der Waals surface area (Å²) in [6, 6.07) is 11.6. The van der Waals surface area contributed by atoms with Crippen molar-refractivity contribution in [3.63, 3.8) is 0 Å². The van der Waals surface area contributed by atoms with Gasteiger partial charge in [-0.3, -0.25) is 9.69 Å². The summed E-state index contributed by atoms with van der Waals surface area (Å²) in [6.07, 6.45) is 0. The number of aryl methyl sites for hydroxylation is 1. The largest absolute Gasteiger partial charge is 0.294 e. The molecule has 0 bridgehead atoms. The van der Waals surface area contributed by atoms with Crippen LogP contribution in [0, 0.1) is 6.92 Å². The molecule has 1 heterocycles. The molecule has 4 heteroatoms. The van der Waals surface area contributed by atoms with Gasteiger partial charge >= 0.3 is 0 Å². The Bertz CT molecular complexity index is 579. The Labute approximate surface area is 122 Å². The predicted molar refractivity (Wildman–Crippen MR) is 81.2 cm³/mol. The van der Waals surface area contributed by atoms with Crippen LogP contribution in [0.3, 0.4) is 0 Å². The number of likely N-dealkylation sites (N-methyl/N-ethyl adjacent to an activating group) is 1. The van der Waals surface area contributed by atoms with Gasteiger partial charge in [-0.25, -0.2) is 0 Å². The second kappa shape index (κ2) is 6.33. The Morgan fingerprint density at radius 2 is 2.00 bits per heavy atom. The Morgan fingerprint density at radius 3 is 2.63 bits per heavy atom. The fourth-order valence-corrected chi connectivity index (χ4v) is 3.14. The Kier molecular flexibility index (Phi) is 4.75. The summed E-state index contributed by atoms with van der Waals surface area (Å²) in [6.45, 7) is 3.13. The molecule has 1 aromatic carbocycles. The zero-order chi connectivity index (χ0) is 13.8. The number of rotatable bonds is 5. The minimum absolute atomic E-state index is 0.156. The second-order valence-corrected chi connectivity index (χ2v) is 6.42. The van der Waals surface area contributed by atoms with Crippen LogP contribution in [0.5, 0.6) is 0 Å². The highest BCUT2D eigenvalue weighted by molar-refractivity contribution is 7.16. The molecule has 0 fully saturated rings. The summed E-state index contributed by atoms with van der Waals surface area (Å²) < 4.78 is 0.786. The minimum Gasteiger partial charge on any atom is -0.294 e. The molecule has 0 aliphatic carbocycles. The molecule has 0 spiro atoms. The van der Waals surface area contributed by atoms with Crippen LogP contribution in [0.25, 0.3) is 0 Å². The van der Waals surface area contributed by atoms with Crippen molar-refractivity contribution in [1.82, 2.24) is 4.90 Å². The first-order valence-corrected chi connectivity index (χ1v) is 7.27. The molecule has 2 aromatic rings. The van der Waals surface area contributed by atoms with Crippen LogP contribution in [0.2, 0.25) is 4.34 Å². The Balaban J connectivity index is 1.97. The van der Waals surface area contributed by atoms with Gasteiger partial charge in [0.2, 0.25) is 0 Å². The van der Waals surface area contributed by atoms with Crippen molar-refractivity contribution >= 4 is 28.7 Å². The molecule has 0 amide bonds. The van der Waals surface area contributed by atoms with E-state index < -0.39 is 0 Å². The van der Waals surface area contributed by atoms with Crippen LogP contribution >= 0.6 is 22.9 Å². The molecule has 2 nitrogen and oxygen atoms in total. The number of ketones is 1. The molecule has 0 saturated carbocycles. The molecule has 2 rings (SSSR count). The van der Waals surface area contributed by atoms with E-state index in [1.165, 1.54) is 4.88 Å². The van der Waals surface area contributed by atoms with E-state index in [2.05, 4.69) is 0 Å². The monoisotopic (exact) mass is 293 g/mol. The van der Waals surface area contributed by atoms with E-state index in [-0.39, 0.29) is 5.78 Å². The lowest BCUT2D eigenvalue weighted by Gasteiger charge is -2.15. The maximum atomic E-state index is 12.2. The predicted octanol–water partition coefficient (Wildman–Crippen LogP) is 4.02. The molecular formula is C15H16ClNOS. The highest BCUT2D eigenvalue weighted by Crippen LogP contribution is 2.22. The number of hydrogen-bond acceptors (Lipinski definition) is 3. The third-order valence-electron chi connectivity index (χ3n) is 2.91. The van der Waals surface area contributed by atoms with Crippen molar-refractivity contribution in [3.8, 4) is 0 Å². The van der Waals surface area contributed by atoms with Crippen LogP contribution in [-0.4, -0.2) is 24.3 Å². The molecular weight excluding hydrogens is 278 g/mol. The van der Waals surface area contributed by atoms with Crippen molar-refractivity contribution in [2.75, 3.05) is 13.6 Å². The Hall–Kier alpha value is -1.16. The van der Waals surface area contributed by atoms with E-state index >= 15 is 0 Å². The summed E-state index contributed by atoms with van der Waals surface area (Å²) in [7, 11) is 1.95. The van der Waals surface area contributed by atoms with E-state index in [0.717, 1.165) is 22.0 Å². The summed E-state index contributed by atoms with van der Waals surface area (Å²) in [4.78, 5) is 15.4. The van der Waals surface area contributed by atoms with Gasteiger partial charge in [0.15, 0.2) is 5.78 Å².